The molecule has 92 valence electrons. The SMILES string of the molecule is C=CS(=O)(=O)c1ccc([N+](=O)[O-])c2ccncc12. The third-order valence-corrected chi connectivity index (χ3v) is 3.89. The first-order valence-corrected chi connectivity index (χ1v) is 6.40. The van der Waals surface area contributed by atoms with Gasteiger partial charge in [-0.2, -0.15) is 0 Å². The number of nitrogens with zero attached hydrogens (tertiary/aromatic N) is 2. The third-order valence-electron chi connectivity index (χ3n) is 2.48. The number of hydrogen-bond donors (Lipinski definition) is 0. The van der Waals surface area contributed by atoms with Crippen molar-refractivity contribution >= 4 is 26.3 Å². The van der Waals surface area contributed by atoms with Crippen LogP contribution in [0.3, 0.4) is 0 Å². The number of nitro benzene ring substituents is 1. The van der Waals surface area contributed by atoms with Gasteiger partial charge in [0.1, 0.15) is 0 Å². The lowest BCUT2D eigenvalue weighted by Crippen LogP contribution is -1.99. The molecular formula is C11H8N2O4S. The Morgan fingerprint density at radius 1 is 1.28 bits per heavy atom. The van der Waals surface area contributed by atoms with Crippen LogP contribution in [-0.4, -0.2) is 18.3 Å². The van der Waals surface area contributed by atoms with Crippen molar-refractivity contribution in [2.75, 3.05) is 0 Å². The van der Waals surface area contributed by atoms with Crippen LogP contribution in [0.1, 0.15) is 0 Å². The molecule has 0 N–H and O–H groups in total. The van der Waals surface area contributed by atoms with Crippen LogP contribution >= 0.6 is 0 Å². The number of fused-ring (bicyclic) bond motifs is 1. The number of sulfone groups is 1. The standard InChI is InChI=1S/C11H8N2O4S/c1-2-18(16,17)11-4-3-10(13(14)15)8-5-6-12-7-9(8)11/h2-7H,1H2. The van der Waals surface area contributed by atoms with E-state index in [-0.39, 0.29) is 21.4 Å². The highest BCUT2D eigenvalue weighted by molar-refractivity contribution is 7.94. The van der Waals surface area contributed by atoms with Gasteiger partial charge in [0.05, 0.1) is 15.2 Å². The van der Waals surface area contributed by atoms with Crippen LogP contribution in [0.2, 0.25) is 0 Å². The fraction of sp³-hybridized carbons (Fsp3) is 0. The Morgan fingerprint density at radius 3 is 2.61 bits per heavy atom. The van der Waals surface area contributed by atoms with Crippen molar-refractivity contribution in [1.82, 2.24) is 4.98 Å². The molecule has 0 atom stereocenters. The van der Waals surface area contributed by atoms with Crippen molar-refractivity contribution in [3.63, 3.8) is 0 Å². The molecule has 6 nitrogen and oxygen atoms in total. The van der Waals surface area contributed by atoms with Gasteiger partial charge in [0.2, 0.25) is 0 Å². The summed E-state index contributed by atoms with van der Waals surface area (Å²) in [6.45, 7) is 3.23. The van der Waals surface area contributed by atoms with E-state index in [1.165, 1.54) is 30.6 Å². The molecular weight excluding hydrogens is 256 g/mol. The topological polar surface area (TPSA) is 90.2 Å². The second kappa shape index (κ2) is 4.19. The molecule has 0 bridgehead atoms. The predicted octanol–water partition coefficient (Wildman–Crippen LogP) is 2.06. The summed E-state index contributed by atoms with van der Waals surface area (Å²) in [6, 6.07) is 3.77. The van der Waals surface area contributed by atoms with E-state index in [0.717, 1.165) is 5.41 Å². The molecule has 1 aromatic heterocycles. The molecule has 18 heavy (non-hydrogen) atoms. The van der Waals surface area contributed by atoms with Crippen molar-refractivity contribution < 1.29 is 13.3 Å². The number of rotatable bonds is 3. The molecule has 0 amide bonds. The quantitative estimate of drug-likeness (QED) is 0.625. The fourth-order valence-electron chi connectivity index (χ4n) is 1.65. The second-order valence-electron chi connectivity index (χ2n) is 3.47. The molecule has 0 aliphatic carbocycles. The lowest BCUT2D eigenvalue weighted by atomic mass is 10.1. The minimum Gasteiger partial charge on any atom is -0.264 e. The maximum atomic E-state index is 11.8. The van der Waals surface area contributed by atoms with Crippen LogP contribution in [0.15, 0.2) is 47.5 Å². The van der Waals surface area contributed by atoms with E-state index >= 15 is 0 Å². The van der Waals surface area contributed by atoms with E-state index in [4.69, 9.17) is 0 Å². The number of hydrogen-bond acceptors (Lipinski definition) is 5. The summed E-state index contributed by atoms with van der Waals surface area (Å²) in [7, 11) is -3.67. The van der Waals surface area contributed by atoms with Crippen LogP contribution in [0.5, 0.6) is 0 Å². The van der Waals surface area contributed by atoms with Crippen LogP contribution in [0, 0.1) is 10.1 Å². The summed E-state index contributed by atoms with van der Waals surface area (Å²) in [6.07, 6.45) is 2.67. The lowest BCUT2D eigenvalue weighted by molar-refractivity contribution is -0.383. The largest absolute Gasteiger partial charge is 0.277 e. The first kappa shape index (κ1) is 12.2. The maximum absolute atomic E-state index is 11.8. The molecule has 0 spiro atoms. The van der Waals surface area contributed by atoms with Gasteiger partial charge in [-0.25, -0.2) is 8.42 Å². The second-order valence-corrected chi connectivity index (χ2v) is 5.34. The molecule has 2 rings (SSSR count). The highest BCUT2D eigenvalue weighted by atomic mass is 32.2. The summed E-state index contributed by atoms with van der Waals surface area (Å²) < 4.78 is 23.6. The molecule has 0 aliphatic rings. The van der Waals surface area contributed by atoms with Gasteiger partial charge in [0.25, 0.3) is 5.69 Å². The van der Waals surface area contributed by atoms with Crippen molar-refractivity contribution in [1.29, 1.82) is 0 Å². The first-order valence-electron chi connectivity index (χ1n) is 4.86. The summed E-state index contributed by atoms with van der Waals surface area (Å²) in [5, 5.41) is 12.1. The van der Waals surface area contributed by atoms with E-state index < -0.39 is 14.8 Å². The molecule has 0 unspecified atom stereocenters. The average molecular weight is 264 g/mol. The van der Waals surface area contributed by atoms with Crippen LogP contribution < -0.4 is 0 Å². The van der Waals surface area contributed by atoms with E-state index in [2.05, 4.69) is 11.6 Å². The van der Waals surface area contributed by atoms with Crippen LogP contribution in [0.25, 0.3) is 10.8 Å². The van der Waals surface area contributed by atoms with Crippen molar-refractivity contribution in [3.05, 3.63) is 52.7 Å². The molecule has 0 fully saturated rings. The maximum Gasteiger partial charge on any atom is 0.277 e. The van der Waals surface area contributed by atoms with Gasteiger partial charge >= 0.3 is 0 Å². The Hall–Kier alpha value is -2.28. The predicted molar refractivity (Wildman–Crippen MR) is 65.8 cm³/mol. The van der Waals surface area contributed by atoms with E-state index in [9.17, 15) is 18.5 Å². The smallest absolute Gasteiger partial charge is 0.264 e. The molecule has 1 heterocycles. The van der Waals surface area contributed by atoms with Gasteiger partial charge in [-0.15, -0.1) is 0 Å². The average Bonchev–Trinajstić information content (AvgIpc) is 2.37. The minimum atomic E-state index is -3.67. The molecule has 7 heteroatoms. The Bertz CT molecular complexity index is 753. The van der Waals surface area contributed by atoms with Gasteiger partial charge < -0.3 is 0 Å². The number of pyridine rings is 1. The zero-order valence-corrected chi connectivity index (χ0v) is 9.92. The summed E-state index contributed by atoms with van der Waals surface area (Å²) in [4.78, 5) is 14.1. The van der Waals surface area contributed by atoms with Gasteiger partial charge in [0, 0.05) is 29.3 Å². The van der Waals surface area contributed by atoms with Crippen molar-refractivity contribution in [2.24, 2.45) is 0 Å². The number of non-ortho nitro benzene ring substituents is 1. The number of benzene rings is 1. The molecule has 0 saturated carbocycles. The van der Waals surface area contributed by atoms with Crippen molar-refractivity contribution in [2.45, 2.75) is 4.90 Å². The van der Waals surface area contributed by atoms with Gasteiger partial charge in [0.15, 0.2) is 9.84 Å². The minimum absolute atomic E-state index is 0.0359. The van der Waals surface area contributed by atoms with Gasteiger partial charge in [-0.1, -0.05) is 6.58 Å². The molecule has 2 aromatic rings. The summed E-state index contributed by atoms with van der Waals surface area (Å²) in [5.74, 6) is 0. The van der Waals surface area contributed by atoms with E-state index in [1.54, 1.807) is 0 Å². The van der Waals surface area contributed by atoms with Gasteiger partial charge in [-0.3, -0.25) is 15.1 Å². The summed E-state index contributed by atoms with van der Waals surface area (Å²) >= 11 is 0. The monoisotopic (exact) mass is 264 g/mol. The van der Waals surface area contributed by atoms with Gasteiger partial charge in [-0.05, 0) is 12.1 Å². The molecule has 0 saturated heterocycles. The highest BCUT2D eigenvalue weighted by Gasteiger charge is 2.19. The number of nitro groups is 1. The Morgan fingerprint density at radius 2 is 2.00 bits per heavy atom. The summed E-state index contributed by atoms with van der Waals surface area (Å²) in [5.41, 5.74) is -0.157. The fourth-order valence-corrected chi connectivity index (χ4v) is 2.55. The lowest BCUT2D eigenvalue weighted by Gasteiger charge is -2.04. The van der Waals surface area contributed by atoms with Crippen LogP contribution in [0.4, 0.5) is 5.69 Å². The number of aromatic nitrogens is 1. The zero-order valence-electron chi connectivity index (χ0n) is 9.11. The molecule has 0 aliphatic heterocycles. The third kappa shape index (κ3) is 1.84. The molecule has 0 radical (unpaired) electrons. The van der Waals surface area contributed by atoms with Crippen LogP contribution in [-0.2, 0) is 9.84 Å². The van der Waals surface area contributed by atoms with E-state index in [1.807, 2.05) is 0 Å². The van der Waals surface area contributed by atoms with Crippen molar-refractivity contribution in [3.8, 4) is 0 Å². The Balaban J connectivity index is 2.94. The molecule has 1 aromatic carbocycles. The Kier molecular flexibility index (Phi) is 2.84. The normalized spacial score (nSPS) is 11.3. The van der Waals surface area contributed by atoms with E-state index in [0.29, 0.717) is 0 Å². The Labute approximate surface area is 103 Å². The zero-order chi connectivity index (χ0) is 13.3. The highest BCUT2D eigenvalue weighted by Crippen LogP contribution is 2.30. The first-order chi connectivity index (χ1) is 8.47.